The highest BCUT2D eigenvalue weighted by Crippen LogP contribution is 2.25. The first-order chi connectivity index (χ1) is 10.8. The second-order valence-corrected chi connectivity index (χ2v) is 5.98. The van der Waals surface area contributed by atoms with Crippen molar-refractivity contribution in [2.45, 2.75) is 52.0 Å². The average molecular weight is 300 g/mol. The van der Waals surface area contributed by atoms with Crippen LogP contribution in [0.25, 0.3) is 0 Å². The molecule has 0 atom stereocenters. The summed E-state index contributed by atoms with van der Waals surface area (Å²) >= 11 is 0. The normalized spacial score (nSPS) is 16.2. The maximum atomic E-state index is 4.76. The first-order valence-electron chi connectivity index (χ1n) is 8.20. The molecule has 3 heterocycles. The number of nitrogens with zero attached hydrogens (tertiary/aromatic N) is 6. The smallest absolute Gasteiger partial charge is 0.137 e. The van der Waals surface area contributed by atoms with Crippen molar-refractivity contribution in [2.75, 3.05) is 18.0 Å². The van der Waals surface area contributed by atoms with Crippen molar-refractivity contribution < 1.29 is 0 Å². The minimum atomic E-state index is 0.459. The van der Waals surface area contributed by atoms with E-state index < -0.39 is 0 Å². The summed E-state index contributed by atoms with van der Waals surface area (Å²) in [4.78, 5) is 15.7. The van der Waals surface area contributed by atoms with Gasteiger partial charge in [0, 0.05) is 31.3 Å². The van der Waals surface area contributed by atoms with Crippen LogP contribution < -0.4 is 4.90 Å². The van der Waals surface area contributed by atoms with E-state index in [0.29, 0.717) is 6.04 Å². The Morgan fingerprint density at radius 2 is 2.05 bits per heavy atom. The lowest BCUT2D eigenvalue weighted by molar-refractivity contribution is 0.365. The summed E-state index contributed by atoms with van der Waals surface area (Å²) in [5, 5.41) is 4.26. The third-order valence-corrected chi connectivity index (χ3v) is 4.24. The van der Waals surface area contributed by atoms with Gasteiger partial charge in [-0.2, -0.15) is 5.10 Å². The van der Waals surface area contributed by atoms with E-state index in [2.05, 4.69) is 39.9 Å². The van der Waals surface area contributed by atoms with Crippen molar-refractivity contribution in [1.82, 2.24) is 24.7 Å². The highest BCUT2D eigenvalue weighted by molar-refractivity contribution is 5.40. The fourth-order valence-electron chi connectivity index (χ4n) is 2.99. The summed E-state index contributed by atoms with van der Waals surface area (Å²) in [6.07, 6.45) is 8.89. The third-order valence-electron chi connectivity index (χ3n) is 4.24. The zero-order chi connectivity index (χ0) is 15.4. The predicted molar refractivity (Wildman–Crippen MR) is 85.9 cm³/mol. The monoisotopic (exact) mass is 300 g/mol. The Kier molecular flexibility index (Phi) is 4.65. The minimum Gasteiger partial charge on any atom is -0.356 e. The molecular formula is C16H24N6. The van der Waals surface area contributed by atoms with Crippen molar-refractivity contribution in [2.24, 2.45) is 0 Å². The number of piperidine rings is 1. The molecule has 1 aliphatic heterocycles. The van der Waals surface area contributed by atoms with Crippen molar-refractivity contribution in [3.05, 3.63) is 30.2 Å². The molecule has 22 heavy (non-hydrogen) atoms. The van der Waals surface area contributed by atoms with E-state index in [9.17, 15) is 0 Å². The van der Waals surface area contributed by atoms with Gasteiger partial charge in [0.2, 0.25) is 0 Å². The van der Waals surface area contributed by atoms with Crippen molar-refractivity contribution in [1.29, 1.82) is 0 Å². The van der Waals surface area contributed by atoms with Gasteiger partial charge < -0.3 is 4.90 Å². The largest absolute Gasteiger partial charge is 0.356 e. The molecule has 118 valence electrons. The fraction of sp³-hybridized carbons (Fsp3) is 0.625. The molecule has 0 N–H and O–H groups in total. The lowest BCUT2D eigenvalue weighted by atomic mass is 10.1. The number of unbranched alkanes of at least 4 members (excludes halogenated alkanes) is 1. The van der Waals surface area contributed by atoms with E-state index in [0.717, 1.165) is 56.1 Å². The summed E-state index contributed by atoms with van der Waals surface area (Å²) in [7, 11) is 0. The molecule has 0 spiro atoms. The summed E-state index contributed by atoms with van der Waals surface area (Å²) in [6, 6.07) is 2.56. The number of aromatic nitrogens is 5. The van der Waals surface area contributed by atoms with Crippen molar-refractivity contribution in [3.8, 4) is 0 Å². The zero-order valence-corrected chi connectivity index (χ0v) is 13.4. The molecule has 0 saturated carbocycles. The van der Waals surface area contributed by atoms with E-state index in [1.807, 2.05) is 11.0 Å². The highest BCUT2D eigenvalue weighted by Gasteiger charge is 2.22. The van der Waals surface area contributed by atoms with Crippen LogP contribution >= 0.6 is 0 Å². The molecule has 6 nitrogen and oxygen atoms in total. The second kappa shape index (κ2) is 6.85. The second-order valence-electron chi connectivity index (χ2n) is 5.98. The topological polar surface area (TPSA) is 59.7 Å². The van der Waals surface area contributed by atoms with Crippen LogP contribution in [0.3, 0.4) is 0 Å². The van der Waals surface area contributed by atoms with Gasteiger partial charge in [-0.05, 0) is 26.2 Å². The molecule has 1 saturated heterocycles. The number of hydrogen-bond donors (Lipinski definition) is 0. The van der Waals surface area contributed by atoms with E-state index in [-0.39, 0.29) is 0 Å². The van der Waals surface area contributed by atoms with Crippen molar-refractivity contribution in [3.63, 3.8) is 0 Å². The van der Waals surface area contributed by atoms with Crippen LogP contribution in [0.2, 0.25) is 0 Å². The summed E-state index contributed by atoms with van der Waals surface area (Å²) < 4.78 is 1.98. The molecule has 0 aromatic carbocycles. The molecular weight excluding hydrogens is 276 g/mol. The van der Waals surface area contributed by atoms with Crippen LogP contribution in [0, 0.1) is 6.92 Å². The van der Waals surface area contributed by atoms with Crippen LogP contribution in [-0.4, -0.2) is 37.8 Å². The summed E-state index contributed by atoms with van der Waals surface area (Å²) in [5.41, 5.74) is 1.06. The number of anilines is 1. The number of aryl methyl sites for hydroxylation is 2. The van der Waals surface area contributed by atoms with Gasteiger partial charge in [-0.3, -0.25) is 0 Å². The van der Waals surface area contributed by atoms with Gasteiger partial charge in [-0.15, -0.1) is 0 Å². The molecule has 6 heteroatoms. The lowest BCUT2D eigenvalue weighted by Gasteiger charge is -2.32. The summed E-state index contributed by atoms with van der Waals surface area (Å²) in [6.45, 7) is 6.27. The van der Waals surface area contributed by atoms with E-state index >= 15 is 0 Å². The fourth-order valence-corrected chi connectivity index (χ4v) is 2.99. The molecule has 0 unspecified atom stereocenters. The Morgan fingerprint density at radius 3 is 2.73 bits per heavy atom. The molecule has 1 aliphatic rings. The number of hydrogen-bond acceptors (Lipinski definition) is 5. The first-order valence-corrected chi connectivity index (χ1v) is 8.20. The van der Waals surface area contributed by atoms with E-state index in [4.69, 9.17) is 4.98 Å². The Hall–Kier alpha value is -1.98. The Labute approximate surface area is 131 Å². The quantitative estimate of drug-likeness (QED) is 0.849. The SMILES string of the molecule is CCCCc1nc(C)cc(N2CCC(n3cncn3)CC2)n1. The summed E-state index contributed by atoms with van der Waals surface area (Å²) in [5.74, 6) is 2.06. The van der Waals surface area contributed by atoms with Gasteiger partial charge >= 0.3 is 0 Å². The van der Waals surface area contributed by atoms with Gasteiger partial charge in [0.15, 0.2) is 0 Å². The van der Waals surface area contributed by atoms with Gasteiger partial charge in [0.25, 0.3) is 0 Å². The first kappa shape index (κ1) is 14.9. The van der Waals surface area contributed by atoms with Gasteiger partial charge in [-0.25, -0.2) is 19.6 Å². The lowest BCUT2D eigenvalue weighted by Crippen LogP contribution is -2.35. The minimum absolute atomic E-state index is 0.459. The van der Waals surface area contributed by atoms with Crippen LogP contribution in [0.15, 0.2) is 18.7 Å². The van der Waals surface area contributed by atoms with Crippen LogP contribution in [-0.2, 0) is 6.42 Å². The Bertz CT molecular complexity index is 587. The van der Waals surface area contributed by atoms with Crippen LogP contribution in [0.4, 0.5) is 5.82 Å². The Balaban J connectivity index is 1.66. The van der Waals surface area contributed by atoms with E-state index in [1.165, 1.54) is 6.42 Å². The Morgan fingerprint density at radius 1 is 1.23 bits per heavy atom. The highest BCUT2D eigenvalue weighted by atomic mass is 15.3. The molecule has 0 bridgehead atoms. The molecule has 2 aromatic heterocycles. The van der Waals surface area contributed by atoms with Crippen molar-refractivity contribution >= 4 is 5.82 Å². The van der Waals surface area contributed by atoms with Gasteiger partial charge in [-0.1, -0.05) is 13.3 Å². The molecule has 1 fully saturated rings. The zero-order valence-electron chi connectivity index (χ0n) is 13.4. The number of rotatable bonds is 5. The average Bonchev–Trinajstić information content (AvgIpc) is 3.07. The molecule has 2 aromatic rings. The molecule has 0 radical (unpaired) electrons. The molecule has 0 aliphatic carbocycles. The molecule has 0 amide bonds. The van der Waals surface area contributed by atoms with E-state index in [1.54, 1.807) is 6.33 Å². The van der Waals surface area contributed by atoms with Crippen LogP contribution in [0.1, 0.15) is 50.2 Å². The van der Waals surface area contributed by atoms with Gasteiger partial charge in [0.1, 0.15) is 24.3 Å². The third kappa shape index (κ3) is 3.43. The molecule has 3 rings (SSSR count). The van der Waals surface area contributed by atoms with Gasteiger partial charge in [0.05, 0.1) is 6.04 Å². The standard InChI is InChI=1S/C16H24N6/c1-3-4-5-15-19-13(2)10-16(20-15)21-8-6-14(7-9-21)22-12-17-11-18-22/h10-12,14H,3-9H2,1-2H3. The maximum Gasteiger partial charge on any atom is 0.137 e. The maximum absolute atomic E-state index is 4.76. The van der Waals surface area contributed by atoms with Crippen LogP contribution in [0.5, 0.6) is 0 Å². The predicted octanol–water partition coefficient (Wildman–Crippen LogP) is 2.56.